The zero-order valence-electron chi connectivity index (χ0n) is 22.6. The third kappa shape index (κ3) is 4.43. The van der Waals surface area contributed by atoms with Gasteiger partial charge in [-0.1, -0.05) is 44.9 Å². The number of hydrogen-bond donors (Lipinski definition) is 4. The maximum Gasteiger partial charge on any atom is 0.328 e. The van der Waals surface area contributed by atoms with Crippen LogP contribution in [0, 0.1) is 5.92 Å². The minimum Gasteiger partial charge on any atom is -0.370 e. The van der Waals surface area contributed by atoms with E-state index in [9.17, 15) is 24.0 Å². The third-order valence-corrected chi connectivity index (χ3v) is 8.42. The van der Waals surface area contributed by atoms with E-state index in [1.54, 1.807) is 20.8 Å². The second-order valence-electron chi connectivity index (χ2n) is 11.4. The Bertz CT molecular complexity index is 1350. The summed E-state index contributed by atoms with van der Waals surface area (Å²) in [6.07, 6.45) is 3.85. The molecule has 2 fully saturated rings. The van der Waals surface area contributed by atoms with Crippen LogP contribution in [0.2, 0.25) is 0 Å². The van der Waals surface area contributed by atoms with Crippen molar-refractivity contribution in [1.29, 1.82) is 0 Å². The number of aromatic amines is 1. The number of carbonyl (C=O) groups is 5. The molecule has 1 aromatic carbocycles. The molecule has 0 bridgehead atoms. The van der Waals surface area contributed by atoms with Gasteiger partial charge in [0.25, 0.3) is 5.91 Å². The van der Waals surface area contributed by atoms with E-state index in [4.69, 9.17) is 5.73 Å². The summed E-state index contributed by atoms with van der Waals surface area (Å²) in [4.78, 5) is 72.2. The molecular weight excluding hydrogens is 500 g/mol. The normalized spacial score (nSPS) is 22.7. The van der Waals surface area contributed by atoms with E-state index in [0.717, 1.165) is 47.0 Å². The second-order valence-corrected chi connectivity index (χ2v) is 11.4. The average molecular weight is 537 g/mol. The third-order valence-electron chi connectivity index (χ3n) is 8.42. The summed E-state index contributed by atoms with van der Waals surface area (Å²) in [5.74, 6) is -2.89. The summed E-state index contributed by atoms with van der Waals surface area (Å²) in [7, 11) is 0. The van der Waals surface area contributed by atoms with Gasteiger partial charge in [-0.2, -0.15) is 0 Å². The molecule has 0 radical (unpaired) electrons. The maximum atomic E-state index is 14.1. The number of nitrogens with two attached hydrogens (primary N) is 1. The zero-order chi connectivity index (χ0) is 28.1. The van der Waals surface area contributed by atoms with Gasteiger partial charge in [0.15, 0.2) is 5.54 Å². The lowest BCUT2D eigenvalue weighted by Gasteiger charge is -2.36. The van der Waals surface area contributed by atoms with Crippen molar-refractivity contribution in [3.05, 3.63) is 35.5 Å². The van der Waals surface area contributed by atoms with Crippen LogP contribution in [0.4, 0.5) is 4.79 Å². The Morgan fingerprint density at radius 1 is 1.13 bits per heavy atom. The van der Waals surface area contributed by atoms with Gasteiger partial charge in [-0.05, 0) is 43.7 Å². The van der Waals surface area contributed by atoms with E-state index in [1.165, 1.54) is 4.90 Å². The largest absolute Gasteiger partial charge is 0.370 e. The molecule has 0 unspecified atom stereocenters. The van der Waals surface area contributed by atoms with Crippen LogP contribution >= 0.6 is 0 Å². The van der Waals surface area contributed by atoms with Crippen LogP contribution in [-0.2, 0) is 31.1 Å². The molecule has 1 aliphatic carbocycles. The SMILES string of the molecule is CC(C)[C@@H](C(=O)N[C@@H](CC(N)=O)C(=O)NC1CCCC1)N1C(=O)N2CCc3c([nH]c4ccccc34)[C@@]2(C)C1=O. The monoisotopic (exact) mass is 536 g/mol. The Morgan fingerprint density at radius 3 is 2.49 bits per heavy atom. The molecule has 11 heteroatoms. The molecule has 3 aliphatic rings. The predicted octanol–water partition coefficient (Wildman–Crippen LogP) is 1.65. The molecule has 2 aliphatic heterocycles. The summed E-state index contributed by atoms with van der Waals surface area (Å²) in [6.45, 7) is 5.51. The van der Waals surface area contributed by atoms with Crippen LogP contribution < -0.4 is 16.4 Å². The van der Waals surface area contributed by atoms with Crippen molar-refractivity contribution >= 4 is 40.6 Å². The van der Waals surface area contributed by atoms with Crippen molar-refractivity contribution in [3.63, 3.8) is 0 Å². The first-order chi connectivity index (χ1) is 18.5. The Balaban J connectivity index is 1.43. The van der Waals surface area contributed by atoms with Crippen molar-refractivity contribution in [1.82, 2.24) is 25.4 Å². The molecule has 2 aromatic rings. The van der Waals surface area contributed by atoms with Gasteiger partial charge in [-0.15, -0.1) is 0 Å². The molecule has 1 saturated carbocycles. The number of fused-ring (bicyclic) bond motifs is 5. The van der Waals surface area contributed by atoms with Gasteiger partial charge < -0.3 is 26.3 Å². The molecule has 39 heavy (non-hydrogen) atoms. The van der Waals surface area contributed by atoms with Crippen molar-refractivity contribution < 1.29 is 24.0 Å². The Kier molecular flexibility index (Phi) is 6.86. The van der Waals surface area contributed by atoms with E-state index in [0.29, 0.717) is 18.7 Å². The number of rotatable bonds is 8. The molecule has 1 saturated heterocycles. The first kappa shape index (κ1) is 26.7. The van der Waals surface area contributed by atoms with E-state index in [2.05, 4.69) is 15.6 Å². The van der Waals surface area contributed by atoms with Crippen LogP contribution in [0.3, 0.4) is 0 Å². The highest BCUT2D eigenvalue weighted by Gasteiger charge is 2.61. The Labute approximate surface area is 226 Å². The molecule has 0 spiro atoms. The number of carbonyl (C=O) groups excluding carboxylic acids is 5. The van der Waals surface area contributed by atoms with Gasteiger partial charge in [0.05, 0.1) is 12.1 Å². The first-order valence-corrected chi connectivity index (χ1v) is 13.7. The average Bonchev–Trinajstić information content (AvgIpc) is 3.57. The minimum atomic E-state index is -1.30. The summed E-state index contributed by atoms with van der Waals surface area (Å²) in [6, 6.07) is 4.80. The summed E-state index contributed by atoms with van der Waals surface area (Å²) in [5.41, 5.74) is 6.61. The number of H-pyrrole nitrogens is 1. The minimum absolute atomic E-state index is 0.0196. The molecule has 11 nitrogen and oxygen atoms in total. The van der Waals surface area contributed by atoms with E-state index >= 15 is 0 Å². The molecule has 1 aromatic heterocycles. The molecule has 5 N–H and O–H groups in total. The number of nitrogens with zero attached hydrogens (tertiary/aromatic N) is 2. The number of imide groups is 1. The predicted molar refractivity (Wildman–Crippen MR) is 143 cm³/mol. The molecular formula is C28H36N6O5. The van der Waals surface area contributed by atoms with Gasteiger partial charge in [-0.25, -0.2) is 9.69 Å². The van der Waals surface area contributed by atoms with Crippen molar-refractivity contribution in [2.24, 2.45) is 11.7 Å². The number of amides is 6. The standard InChI is InChI=1S/C28H36N6O5/c1-15(2)22(25(37)32-20(14-21(29)35)24(36)30-16-8-4-5-9-16)34-26(38)28(3)23-18(12-13-33(28)27(34)39)17-10-6-7-11-19(17)31-23/h6-7,10-11,15-16,20,22,31H,4-5,8-9,12-14H2,1-3H3,(H2,29,35)(H,30,36)(H,32,37)/t20-,22-,28-/m0/s1. The van der Waals surface area contributed by atoms with Crippen LogP contribution in [0.25, 0.3) is 10.9 Å². The van der Waals surface area contributed by atoms with E-state index in [-0.39, 0.29) is 12.5 Å². The number of hydrogen-bond acceptors (Lipinski definition) is 5. The van der Waals surface area contributed by atoms with Crippen LogP contribution in [0.5, 0.6) is 0 Å². The molecule has 6 amide bonds. The Hall–Kier alpha value is -3.89. The quantitative estimate of drug-likeness (QED) is 0.377. The summed E-state index contributed by atoms with van der Waals surface area (Å²) in [5, 5.41) is 6.53. The zero-order valence-corrected chi connectivity index (χ0v) is 22.6. The molecule has 5 rings (SSSR count). The van der Waals surface area contributed by atoms with Crippen LogP contribution in [-0.4, -0.2) is 69.1 Å². The van der Waals surface area contributed by atoms with Gasteiger partial charge in [0, 0.05) is 23.5 Å². The number of urea groups is 1. The summed E-state index contributed by atoms with van der Waals surface area (Å²) >= 11 is 0. The number of benzene rings is 1. The van der Waals surface area contributed by atoms with Gasteiger partial charge in [-0.3, -0.25) is 19.2 Å². The van der Waals surface area contributed by atoms with Crippen molar-refractivity contribution in [2.45, 2.75) is 83.0 Å². The highest BCUT2D eigenvalue weighted by molar-refractivity contribution is 6.11. The fraction of sp³-hybridized carbons (Fsp3) is 0.536. The smallest absolute Gasteiger partial charge is 0.328 e. The lowest BCUT2D eigenvalue weighted by Crippen LogP contribution is -2.58. The fourth-order valence-corrected chi connectivity index (χ4v) is 6.42. The summed E-state index contributed by atoms with van der Waals surface area (Å²) < 4.78 is 0. The van der Waals surface area contributed by atoms with Crippen LogP contribution in [0.1, 0.15) is 64.1 Å². The number of nitrogens with one attached hydrogen (secondary N) is 3. The lowest BCUT2D eigenvalue weighted by molar-refractivity contribution is -0.142. The Morgan fingerprint density at radius 2 is 1.82 bits per heavy atom. The highest BCUT2D eigenvalue weighted by Crippen LogP contribution is 2.45. The highest BCUT2D eigenvalue weighted by atomic mass is 16.2. The fourth-order valence-electron chi connectivity index (χ4n) is 6.42. The molecule has 3 heterocycles. The van der Waals surface area contributed by atoms with Crippen molar-refractivity contribution in [2.75, 3.05) is 6.54 Å². The molecule has 3 atom stereocenters. The topological polar surface area (TPSA) is 158 Å². The van der Waals surface area contributed by atoms with E-state index in [1.807, 2.05) is 24.3 Å². The van der Waals surface area contributed by atoms with Gasteiger partial charge in [0.1, 0.15) is 12.1 Å². The first-order valence-electron chi connectivity index (χ1n) is 13.7. The number of aromatic nitrogens is 1. The van der Waals surface area contributed by atoms with Crippen molar-refractivity contribution in [3.8, 4) is 0 Å². The second kappa shape index (κ2) is 10.0. The molecule has 208 valence electrons. The van der Waals surface area contributed by atoms with Gasteiger partial charge >= 0.3 is 6.03 Å². The number of primary amides is 1. The van der Waals surface area contributed by atoms with E-state index < -0.39 is 53.2 Å². The maximum absolute atomic E-state index is 14.1. The van der Waals surface area contributed by atoms with Gasteiger partial charge in [0.2, 0.25) is 17.7 Å². The van der Waals surface area contributed by atoms with Crippen LogP contribution in [0.15, 0.2) is 24.3 Å². The number of para-hydroxylation sites is 1. The lowest BCUT2D eigenvalue weighted by atomic mass is 9.86.